The number of anilines is 1. The number of amides is 1. The number of nitrogens with zero attached hydrogens (tertiary/aromatic N) is 2. The summed E-state index contributed by atoms with van der Waals surface area (Å²) < 4.78 is 19.9. The molecule has 0 spiro atoms. The summed E-state index contributed by atoms with van der Waals surface area (Å²) in [5.74, 6) is -0.942. The Labute approximate surface area is 152 Å². The topological polar surface area (TPSA) is 85.1 Å². The Bertz CT molecular complexity index is 1210. The molecule has 27 heavy (non-hydrogen) atoms. The lowest BCUT2D eigenvalue weighted by molar-refractivity contribution is 0.102. The van der Waals surface area contributed by atoms with E-state index in [-0.39, 0.29) is 39.1 Å². The summed E-state index contributed by atoms with van der Waals surface area (Å²) in [6.07, 6.45) is 4.17. The molecular weight excluding hydrogens is 349 g/mol. The lowest BCUT2D eigenvalue weighted by atomic mass is 10.1. The van der Waals surface area contributed by atoms with Gasteiger partial charge in [0.25, 0.3) is 5.91 Å². The Hall–Kier alpha value is -3.87. The van der Waals surface area contributed by atoms with Crippen LogP contribution in [0.3, 0.4) is 0 Å². The van der Waals surface area contributed by atoms with Gasteiger partial charge in [-0.1, -0.05) is 18.2 Å². The molecule has 6 nitrogen and oxygen atoms in total. The quantitative estimate of drug-likeness (QED) is 0.602. The molecule has 0 bridgehead atoms. The highest BCUT2D eigenvalue weighted by atomic mass is 19.1. The second kappa shape index (κ2) is 6.80. The Morgan fingerprint density at radius 3 is 2.70 bits per heavy atom. The minimum Gasteiger partial charge on any atom is -0.454 e. The van der Waals surface area contributed by atoms with Crippen LogP contribution in [0.5, 0.6) is 0 Å². The van der Waals surface area contributed by atoms with Crippen molar-refractivity contribution in [2.75, 3.05) is 5.32 Å². The van der Waals surface area contributed by atoms with Gasteiger partial charge in [0.2, 0.25) is 0 Å². The van der Waals surface area contributed by atoms with E-state index >= 15 is 0 Å². The van der Waals surface area contributed by atoms with E-state index in [2.05, 4.69) is 15.3 Å². The highest BCUT2D eigenvalue weighted by Gasteiger charge is 2.15. The Balaban J connectivity index is 1.83. The molecule has 0 radical (unpaired) electrons. The summed E-state index contributed by atoms with van der Waals surface area (Å²) in [4.78, 5) is 32.6. The molecule has 0 saturated heterocycles. The molecule has 2 heterocycles. The molecule has 132 valence electrons. The Kier molecular flexibility index (Phi) is 4.18. The second-order valence-electron chi connectivity index (χ2n) is 5.68. The molecule has 2 aromatic heterocycles. The lowest BCUT2D eigenvalue weighted by Gasteiger charge is -2.09. The number of carbonyl (C=O) groups is 1. The fourth-order valence-corrected chi connectivity index (χ4v) is 2.67. The molecular formula is C20H12FN3O3. The zero-order chi connectivity index (χ0) is 18.8. The van der Waals surface area contributed by atoms with E-state index in [1.54, 1.807) is 30.3 Å². The predicted octanol–water partition coefficient (Wildman–Crippen LogP) is 3.64. The molecule has 7 heteroatoms. The van der Waals surface area contributed by atoms with Crippen molar-refractivity contribution in [1.29, 1.82) is 0 Å². The van der Waals surface area contributed by atoms with Crippen molar-refractivity contribution >= 4 is 22.6 Å². The first kappa shape index (κ1) is 16.6. The van der Waals surface area contributed by atoms with E-state index < -0.39 is 11.7 Å². The molecule has 4 rings (SSSR count). The highest BCUT2D eigenvalue weighted by Crippen LogP contribution is 2.28. The van der Waals surface area contributed by atoms with Gasteiger partial charge in [-0.2, -0.15) is 0 Å². The van der Waals surface area contributed by atoms with Crippen molar-refractivity contribution in [3.8, 4) is 11.3 Å². The molecule has 2 aromatic carbocycles. The Morgan fingerprint density at radius 1 is 1.07 bits per heavy atom. The van der Waals surface area contributed by atoms with Crippen LogP contribution < -0.4 is 10.7 Å². The number of benzene rings is 2. The maximum absolute atomic E-state index is 14.1. The van der Waals surface area contributed by atoms with Gasteiger partial charge in [0.15, 0.2) is 11.0 Å². The second-order valence-corrected chi connectivity index (χ2v) is 5.68. The molecule has 0 saturated carbocycles. The zero-order valence-electron chi connectivity index (χ0n) is 13.8. The molecule has 0 aliphatic rings. The smallest absolute Gasteiger partial charge is 0.275 e. The first-order valence-corrected chi connectivity index (χ1v) is 8.02. The van der Waals surface area contributed by atoms with Gasteiger partial charge >= 0.3 is 0 Å². The van der Waals surface area contributed by atoms with Gasteiger partial charge in [0.05, 0.1) is 22.8 Å². The van der Waals surface area contributed by atoms with Crippen molar-refractivity contribution < 1.29 is 13.6 Å². The van der Waals surface area contributed by atoms with Gasteiger partial charge in [-0.05, 0) is 24.3 Å². The van der Waals surface area contributed by atoms with Crippen LogP contribution in [0.1, 0.15) is 10.5 Å². The SMILES string of the molecule is O=C(Nc1cccc2c(=O)cc(-c3ccccc3F)oc12)c1cnccn1. The van der Waals surface area contributed by atoms with Crippen LogP contribution in [-0.2, 0) is 0 Å². The molecule has 4 aromatic rings. The summed E-state index contributed by atoms with van der Waals surface area (Å²) >= 11 is 0. The van der Waals surface area contributed by atoms with E-state index in [1.807, 2.05) is 0 Å². The van der Waals surface area contributed by atoms with Gasteiger partial charge in [-0.25, -0.2) is 9.37 Å². The summed E-state index contributed by atoms with van der Waals surface area (Å²) in [6.45, 7) is 0. The molecule has 0 unspecified atom stereocenters. The monoisotopic (exact) mass is 361 g/mol. The number of rotatable bonds is 3. The largest absolute Gasteiger partial charge is 0.454 e. The molecule has 0 atom stereocenters. The lowest BCUT2D eigenvalue weighted by Crippen LogP contribution is -2.14. The van der Waals surface area contributed by atoms with E-state index in [0.29, 0.717) is 0 Å². The maximum Gasteiger partial charge on any atom is 0.275 e. The summed E-state index contributed by atoms with van der Waals surface area (Å²) in [5.41, 5.74) is 0.359. The third-order valence-corrected chi connectivity index (χ3v) is 3.94. The molecule has 1 amide bonds. The average molecular weight is 361 g/mol. The summed E-state index contributed by atoms with van der Waals surface area (Å²) in [5, 5.41) is 2.92. The van der Waals surface area contributed by atoms with Crippen LogP contribution in [0.25, 0.3) is 22.3 Å². The molecule has 0 aliphatic carbocycles. The fraction of sp³-hybridized carbons (Fsp3) is 0. The minimum atomic E-state index is -0.513. The zero-order valence-corrected chi connectivity index (χ0v) is 13.8. The molecule has 0 fully saturated rings. The maximum atomic E-state index is 14.1. The van der Waals surface area contributed by atoms with Crippen LogP contribution in [-0.4, -0.2) is 15.9 Å². The molecule has 0 aliphatic heterocycles. The van der Waals surface area contributed by atoms with Crippen LogP contribution >= 0.6 is 0 Å². The number of halogens is 1. The first-order chi connectivity index (χ1) is 13.1. The number of aromatic nitrogens is 2. The summed E-state index contributed by atoms with van der Waals surface area (Å²) in [7, 11) is 0. The van der Waals surface area contributed by atoms with E-state index in [9.17, 15) is 14.0 Å². The first-order valence-electron chi connectivity index (χ1n) is 8.02. The number of nitrogens with one attached hydrogen (secondary N) is 1. The number of hydrogen-bond acceptors (Lipinski definition) is 5. The van der Waals surface area contributed by atoms with Crippen molar-refractivity contribution in [3.05, 3.63) is 88.9 Å². The van der Waals surface area contributed by atoms with Gasteiger partial charge in [-0.15, -0.1) is 0 Å². The standard InChI is InChI=1S/C20H12FN3O3/c21-14-6-2-1-4-12(14)18-10-17(25)13-5-3-7-15(19(13)27-18)24-20(26)16-11-22-8-9-23-16/h1-11H,(H,24,26). The van der Waals surface area contributed by atoms with Gasteiger partial charge in [-0.3, -0.25) is 14.6 Å². The number of para-hydroxylation sites is 1. The van der Waals surface area contributed by atoms with E-state index in [4.69, 9.17) is 4.42 Å². The van der Waals surface area contributed by atoms with E-state index in [0.717, 1.165) is 0 Å². The van der Waals surface area contributed by atoms with Crippen LogP contribution in [0.15, 0.2) is 76.3 Å². The van der Waals surface area contributed by atoms with Crippen molar-refractivity contribution in [2.45, 2.75) is 0 Å². The minimum absolute atomic E-state index is 0.0757. The number of fused-ring (bicyclic) bond motifs is 1. The van der Waals surface area contributed by atoms with Crippen LogP contribution in [0.2, 0.25) is 0 Å². The highest BCUT2D eigenvalue weighted by molar-refractivity contribution is 6.06. The van der Waals surface area contributed by atoms with Gasteiger partial charge in [0.1, 0.15) is 17.3 Å². The van der Waals surface area contributed by atoms with Gasteiger partial charge < -0.3 is 9.73 Å². The summed E-state index contributed by atoms with van der Waals surface area (Å²) in [6, 6.07) is 12.0. The van der Waals surface area contributed by atoms with Crippen molar-refractivity contribution in [2.24, 2.45) is 0 Å². The normalized spacial score (nSPS) is 10.7. The van der Waals surface area contributed by atoms with Crippen molar-refractivity contribution in [1.82, 2.24) is 9.97 Å². The third-order valence-electron chi connectivity index (χ3n) is 3.94. The van der Waals surface area contributed by atoms with Gasteiger partial charge in [0, 0.05) is 18.5 Å². The Morgan fingerprint density at radius 2 is 1.93 bits per heavy atom. The fourth-order valence-electron chi connectivity index (χ4n) is 2.67. The number of hydrogen-bond donors (Lipinski definition) is 1. The number of carbonyl (C=O) groups excluding carboxylic acids is 1. The van der Waals surface area contributed by atoms with Crippen LogP contribution in [0, 0.1) is 5.82 Å². The molecule has 1 N–H and O–H groups in total. The van der Waals surface area contributed by atoms with E-state index in [1.165, 1.54) is 36.8 Å². The predicted molar refractivity (Wildman–Crippen MR) is 97.9 cm³/mol. The van der Waals surface area contributed by atoms with Crippen LogP contribution in [0.4, 0.5) is 10.1 Å². The average Bonchev–Trinajstić information content (AvgIpc) is 2.69. The third kappa shape index (κ3) is 3.18. The van der Waals surface area contributed by atoms with Crippen molar-refractivity contribution in [3.63, 3.8) is 0 Å².